The molecule has 0 N–H and O–H groups in total. The van der Waals surface area contributed by atoms with Gasteiger partial charge in [-0.15, -0.1) is 0 Å². The number of aromatic nitrogens is 3. The van der Waals surface area contributed by atoms with Crippen LogP contribution in [0.5, 0.6) is 0 Å². The number of rotatable bonds is 0. The van der Waals surface area contributed by atoms with Crippen LogP contribution in [0.1, 0.15) is 5.69 Å². The van der Waals surface area contributed by atoms with Crippen LogP contribution >= 0.6 is 22.6 Å². The van der Waals surface area contributed by atoms with Crippen molar-refractivity contribution in [2.24, 2.45) is 0 Å². The van der Waals surface area contributed by atoms with E-state index in [4.69, 9.17) is 0 Å². The van der Waals surface area contributed by atoms with Gasteiger partial charge in [-0.2, -0.15) is 5.10 Å². The van der Waals surface area contributed by atoms with Crippen LogP contribution < -0.4 is 0 Å². The van der Waals surface area contributed by atoms with Gasteiger partial charge in [0.2, 0.25) is 0 Å². The smallest absolute Gasteiger partial charge is 0.155 e. The van der Waals surface area contributed by atoms with Crippen LogP contribution in [0, 0.1) is 10.6 Å². The van der Waals surface area contributed by atoms with E-state index in [0.29, 0.717) is 0 Å². The summed E-state index contributed by atoms with van der Waals surface area (Å²) >= 11 is 2.24. The molecule has 2 heterocycles. The van der Waals surface area contributed by atoms with Crippen molar-refractivity contribution in [3.8, 4) is 0 Å². The number of imidazole rings is 1. The Balaban J connectivity index is 2.92. The van der Waals surface area contributed by atoms with Crippen molar-refractivity contribution in [1.82, 2.24) is 14.6 Å². The van der Waals surface area contributed by atoms with E-state index in [0.717, 1.165) is 15.0 Å². The van der Waals surface area contributed by atoms with E-state index in [-0.39, 0.29) is 0 Å². The molecule has 2 aromatic heterocycles. The highest BCUT2D eigenvalue weighted by molar-refractivity contribution is 14.1. The lowest BCUT2D eigenvalue weighted by molar-refractivity contribution is 0.910. The number of hydrogen-bond donors (Lipinski definition) is 0. The summed E-state index contributed by atoms with van der Waals surface area (Å²) in [6.07, 6.45) is 1.76. The van der Waals surface area contributed by atoms with E-state index in [1.807, 2.05) is 23.6 Å². The highest BCUT2D eigenvalue weighted by Gasteiger charge is 2.03. The maximum atomic E-state index is 4.31. The van der Waals surface area contributed by atoms with Gasteiger partial charge >= 0.3 is 0 Å². The molecule has 2 aromatic rings. The summed E-state index contributed by atoms with van der Waals surface area (Å²) in [6.45, 7) is 1.98. The molecule has 0 fully saturated rings. The second kappa shape index (κ2) is 2.44. The first-order valence-electron chi connectivity index (χ1n) is 3.25. The second-order valence-electron chi connectivity index (χ2n) is 2.28. The molecule has 11 heavy (non-hydrogen) atoms. The number of hydrogen-bond acceptors (Lipinski definition) is 2. The third kappa shape index (κ3) is 1.01. The van der Waals surface area contributed by atoms with E-state index < -0.39 is 0 Å². The van der Waals surface area contributed by atoms with Crippen LogP contribution in [-0.2, 0) is 0 Å². The van der Waals surface area contributed by atoms with Crippen molar-refractivity contribution in [3.63, 3.8) is 0 Å². The average Bonchev–Trinajstić information content (AvgIpc) is 2.30. The monoisotopic (exact) mass is 259 g/mol. The SMILES string of the molecule is Cc1nc2cccnn2c1I. The van der Waals surface area contributed by atoms with Gasteiger partial charge in [0.15, 0.2) is 5.65 Å². The Labute approximate surface area is 77.6 Å². The zero-order valence-corrected chi connectivity index (χ0v) is 8.11. The van der Waals surface area contributed by atoms with Crippen LogP contribution in [0.25, 0.3) is 5.65 Å². The molecule has 0 aliphatic heterocycles. The molecule has 56 valence electrons. The van der Waals surface area contributed by atoms with Crippen LogP contribution in [0.4, 0.5) is 0 Å². The van der Waals surface area contributed by atoms with Gasteiger partial charge in [0, 0.05) is 6.20 Å². The average molecular weight is 259 g/mol. The lowest BCUT2D eigenvalue weighted by atomic mass is 10.6. The molecule has 0 atom stereocenters. The zero-order chi connectivity index (χ0) is 7.84. The first-order chi connectivity index (χ1) is 5.29. The van der Waals surface area contributed by atoms with Crippen molar-refractivity contribution in [3.05, 3.63) is 27.7 Å². The van der Waals surface area contributed by atoms with Gasteiger partial charge in [0.25, 0.3) is 0 Å². The fourth-order valence-electron chi connectivity index (χ4n) is 0.971. The molecule has 0 saturated heterocycles. The summed E-state index contributed by atoms with van der Waals surface area (Å²) in [5.41, 5.74) is 1.94. The highest BCUT2D eigenvalue weighted by atomic mass is 127. The molecule has 0 saturated carbocycles. The maximum Gasteiger partial charge on any atom is 0.155 e. The van der Waals surface area contributed by atoms with E-state index in [1.165, 1.54) is 0 Å². The Bertz CT molecular complexity index is 393. The molecular weight excluding hydrogens is 253 g/mol. The predicted molar refractivity (Wildman–Crippen MR) is 50.4 cm³/mol. The van der Waals surface area contributed by atoms with Gasteiger partial charge in [-0.3, -0.25) is 0 Å². The molecular formula is C7H6IN3. The minimum Gasteiger partial charge on any atom is -0.231 e. The van der Waals surface area contributed by atoms with Gasteiger partial charge in [-0.25, -0.2) is 9.50 Å². The molecule has 0 aromatic carbocycles. The molecule has 2 rings (SSSR count). The Kier molecular flexibility index (Phi) is 1.56. The maximum absolute atomic E-state index is 4.31. The van der Waals surface area contributed by atoms with Gasteiger partial charge in [0.1, 0.15) is 3.70 Å². The molecule has 0 bridgehead atoms. The Morgan fingerprint density at radius 3 is 3.09 bits per heavy atom. The number of halogens is 1. The predicted octanol–water partition coefficient (Wildman–Crippen LogP) is 1.64. The first-order valence-corrected chi connectivity index (χ1v) is 4.33. The molecule has 3 nitrogen and oxygen atoms in total. The van der Waals surface area contributed by atoms with E-state index in [9.17, 15) is 0 Å². The number of fused-ring (bicyclic) bond motifs is 1. The van der Waals surface area contributed by atoms with Crippen LogP contribution in [0.2, 0.25) is 0 Å². The molecule has 0 unspecified atom stereocenters. The fourth-order valence-corrected chi connectivity index (χ4v) is 1.46. The summed E-state index contributed by atoms with van der Waals surface area (Å²) in [4.78, 5) is 4.31. The van der Waals surface area contributed by atoms with E-state index in [1.54, 1.807) is 6.20 Å². The third-order valence-corrected chi connectivity index (χ3v) is 2.73. The van der Waals surface area contributed by atoms with Crippen molar-refractivity contribution in [1.29, 1.82) is 0 Å². The topological polar surface area (TPSA) is 30.2 Å². The molecule has 0 amide bonds. The summed E-state index contributed by atoms with van der Waals surface area (Å²) in [5.74, 6) is 0. The summed E-state index contributed by atoms with van der Waals surface area (Å²) in [5, 5.41) is 4.15. The second-order valence-corrected chi connectivity index (χ2v) is 3.30. The standard InChI is InChI=1S/C7H6IN3/c1-5-7(8)11-6(10-5)3-2-4-9-11/h2-4H,1H3. The number of nitrogens with zero attached hydrogens (tertiary/aromatic N) is 3. The summed E-state index contributed by atoms with van der Waals surface area (Å²) < 4.78 is 2.91. The molecule has 0 aliphatic carbocycles. The summed E-state index contributed by atoms with van der Waals surface area (Å²) in [7, 11) is 0. The van der Waals surface area contributed by atoms with Gasteiger partial charge in [-0.05, 0) is 41.6 Å². The quantitative estimate of drug-likeness (QED) is 0.673. The molecule has 0 radical (unpaired) electrons. The third-order valence-electron chi connectivity index (χ3n) is 1.50. The van der Waals surface area contributed by atoms with Crippen molar-refractivity contribution < 1.29 is 0 Å². The van der Waals surface area contributed by atoms with Crippen LogP contribution in [0.15, 0.2) is 18.3 Å². The molecule has 0 aliphatic rings. The van der Waals surface area contributed by atoms with Crippen LogP contribution in [0.3, 0.4) is 0 Å². The largest absolute Gasteiger partial charge is 0.231 e. The minimum atomic E-state index is 0.911. The van der Waals surface area contributed by atoms with E-state index in [2.05, 4.69) is 32.7 Å². The Morgan fingerprint density at radius 2 is 2.36 bits per heavy atom. The van der Waals surface area contributed by atoms with E-state index >= 15 is 0 Å². The Hall–Kier alpha value is -0.650. The first kappa shape index (κ1) is 7.02. The minimum absolute atomic E-state index is 0.911. The van der Waals surface area contributed by atoms with Crippen LogP contribution in [-0.4, -0.2) is 14.6 Å². The lowest BCUT2D eigenvalue weighted by Crippen LogP contribution is -1.91. The molecule has 0 spiro atoms. The fraction of sp³-hybridized carbons (Fsp3) is 0.143. The van der Waals surface area contributed by atoms with Gasteiger partial charge in [0.05, 0.1) is 5.69 Å². The number of aryl methyl sites for hydroxylation is 1. The lowest BCUT2D eigenvalue weighted by Gasteiger charge is -1.89. The van der Waals surface area contributed by atoms with Crippen molar-refractivity contribution in [2.45, 2.75) is 6.92 Å². The normalized spacial score (nSPS) is 10.7. The molecule has 4 heteroatoms. The summed E-state index contributed by atoms with van der Waals surface area (Å²) in [6, 6.07) is 3.83. The van der Waals surface area contributed by atoms with Gasteiger partial charge in [-0.1, -0.05) is 0 Å². The zero-order valence-electron chi connectivity index (χ0n) is 5.95. The van der Waals surface area contributed by atoms with Crippen molar-refractivity contribution >= 4 is 28.2 Å². The highest BCUT2D eigenvalue weighted by Crippen LogP contribution is 2.11. The van der Waals surface area contributed by atoms with Crippen molar-refractivity contribution in [2.75, 3.05) is 0 Å². The van der Waals surface area contributed by atoms with Gasteiger partial charge < -0.3 is 0 Å². The Morgan fingerprint density at radius 1 is 1.55 bits per heavy atom.